The number of carboxylic acid groups (broad SMARTS) is 1. The summed E-state index contributed by atoms with van der Waals surface area (Å²) in [7, 11) is 0. The Morgan fingerprint density at radius 1 is 1.63 bits per heavy atom. The summed E-state index contributed by atoms with van der Waals surface area (Å²) in [4.78, 5) is 24.8. The summed E-state index contributed by atoms with van der Waals surface area (Å²) in [6.07, 6.45) is 3.82. The highest BCUT2D eigenvalue weighted by Gasteiger charge is 2.48. The maximum absolute atomic E-state index is 11.4. The lowest BCUT2D eigenvalue weighted by Gasteiger charge is -2.29. The first kappa shape index (κ1) is 12.3. The Hall–Kier alpha value is -1.76. The standard InChI is InChI=1S/C12H14N4O2S/c1-12(11(17)18)3-5-16(10(12)19)9-7-2-4-13-8(7)14-6-15-9/h2,4,6,10,19H,3,5H2,1H3,(H,17,18)(H,13,14,15). The number of thiol groups is 1. The summed E-state index contributed by atoms with van der Waals surface area (Å²) in [5.74, 6) is -0.0920. The number of fused-ring (bicyclic) bond motifs is 1. The van der Waals surface area contributed by atoms with Crippen LogP contribution in [-0.4, -0.2) is 37.9 Å². The van der Waals surface area contributed by atoms with Gasteiger partial charge in [0.25, 0.3) is 0 Å². The number of aromatic amines is 1. The monoisotopic (exact) mass is 278 g/mol. The predicted molar refractivity (Wildman–Crippen MR) is 74.4 cm³/mol. The van der Waals surface area contributed by atoms with Crippen molar-refractivity contribution >= 4 is 35.4 Å². The van der Waals surface area contributed by atoms with Crippen LogP contribution in [0.2, 0.25) is 0 Å². The fourth-order valence-corrected chi connectivity index (χ4v) is 2.94. The first-order valence-corrected chi connectivity index (χ1v) is 6.52. The van der Waals surface area contributed by atoms with Gasteiger partial charge in [-0.3, -0.25) is 4.79 Å². The highest BCUT2D eigenvalue weighted by molar-refractivity contribution is 7.81. The largest absolute Gasteiger partial charge is 0.481 e. The summed E-state index contributed by atoms with van der Waals surface area (Å²) in [5, 5.41) is 9.85. The Bertz CT molecular complexity index is 643. The molecule has 2 aromatic heterocycles. The molecule has 0 radical (unpaired) electrons. The smallest absolute Gasteiger partial charge is 0.312 e. The molecule has 100 valence electrons. The molecular formula is C12H14N4O2S. The summed E-state index contributed by atoms with van der Waals surface area (Å²) in [6, 6.07) is 1.89. The molecule has 6 nitrogen and oxygen atoms in total. The zero-order valence-corrected chi connectivity index (χ0v) is 11.3. The minimum absolute atomic E-state index is 0.405. The SMILES string of the molecule is CC1(C(=O)O)CCN(c2ncnc3[nH]ccc23)C1S. The number of aromatic nitrogens is 3. The van der Waals surface area contributed by atoms with Crippen molar-refractivity contribution in [3.63, 3.8) is 0 Å². The molecule has 2 atom stereocenters. The molecule has 0 saturated carbocycles. The third-order valence-electron chi connectivity index (χ3n) is 3.83. The molecule has 0 amide bonds. The van der Waals surface area contributed by atoms with Crippen LogP contribution < -0.4 is 4.90 Å². The summed E-state index contributed by atoms with van der Waals surface area (Å²) in [6.45, 7) is 2.34. The van der Waals surface area contributed by atoms with E-state index in [2.05, 4.69) is 27.6 Å². The summed E-state index contributed by atoms with van der Waals surface area (Å²) >= 11 is 4.50. The molecular weight excluding hydrogens is 264 g/mol. The maximum atomic E-state index is 11.4. The molecule has 0 spiro atoms. The number of nitrogens with one attached hydrogen (secondary N) is 1. The lowest BCUT2D eigenvalue weighted by Crippen LogP contribution is -2.39. The average molecular weight is 278 g/mol. The second-order valence-corrected chi connectivity index (χ2v) is 5.47. The van der Waals surface area contributed by atoms with Gasteiger partial charge in [-0.2, -0.15) is 12.6 Å². The van der Waals surface area contributed by atoms with Crippen LogP contribution >= 0.6 is 12.6 Å². The third kappa shape index (κ3) is 1.68. The van der Waals surface area contributed by atoms with Gasteiger partial charge in [-0.15, -0.1) is 0 Å². The quantitative estimate of drug-likeness (QED) is 0.725. The minimum Gasteiger partial charge on any atom is -0.481 e. The molecule has 7 heteroatoms. The van der Waals surface area contributed by atoms with Crippen molar-refractivity contribution in [1.82, 2.24) is 15.0 Å². The fourth-order valence-electron chi connectivity index (χ4n) is 2.47. The van der Waals surface area contributed by atoms with E-state index in [1.165, 1.54) is 6.33 Å². The van der Waals surface area contributed by atoms with E-state index < -0.39 is 16.8 Å². The molecule has 2 unspecified atom stereocenters. The zero-order chi connectivity index (χ0) is 13.6. The van der Waals surface area contributed by atoms with Gasteiger partial charge in [0.2, 0.25) is 0 Å². The number of aliphatic carboxylic acids is 1. The highest BCUT2D eigenvalue weighted by Crippen LogP contribution is 2.42. The van der Waals surface area contributed by atoms with E-state index in [-0.39, 0.29) is 0 Å². The van der Waals surface area contributed by atoms with Crippen molar-refractivity contribution < 1.29 is 9.90 Å². The normalized spacial score (nSPS) is 27.1. The Morgan fingerprint density at radius 3 is 3.11 bits per heavy atom. The molecule has 3 heterocycles. The van der Waals surface area contributed by atoms with E-state index in [0.29, 0.717) is 13.0 Å². The average Bonchev–Trinajstić information content (AvgIpc) is 2.96. The number of nitrogens with zero attached hydrogens (tertiary/aromatic N) is 3. The van der Waals surface area contributed by atoms with Crippen LogP contribution in [0.1, 0.15) is 13.3 Å². The Kier molecular flexibility index (Phi) is 2.67. The lowest BCUT2D eigenvalue weighted by atomic mass is 9.90. The van der Waals surface area contributed by atoms with Crippen LogP contribution in [0, 0.1) is 5.41 Å². The van der Waals surface area contributed by atoms with Gasteiger partial charge in [0, 0.05) is 12.7 Å². The van der Waals surface area contributed by atoms with E-state index >= 15 is 0 Å². The van der Waals surface area contributed by atoms with Crippen molar-refractivity contribution in [3.05, 3.63) is 18.6 Å². The van der Waals surface area contributed by atoms with Crippen molar-refractivity contribution in [2.45, 2.75) is 18.7 Å². The van der Waals surface area contributed by atoms with E-state index in [0.717, 1.165) is 16.9 Å². The maximum Gasteiger partial charge on any atom is 0.312 e. The van der Waals surface area contributed by atoms with Gasteiger partial charge < -0.3 is 15.0 Å². The van der Waals surface area contributed by atoms with E-state index in [1.807, 2.05) is 11.0 Å². The van der Waals surface area contributed by atoms with E-state index in [4.69, 9.17) is 0 Å². The lowest BCUT2D eigenvalue weighted by molar-refractivity contribution is -0.147. The van der Waals surface area contributed by atoms with Gasteiger partial charge in [-0.05, 0) is 19.4 Å². The highest BCUT2D eigenvalue weighted by atomic mass is 32.1. The van der Waals surface area contributed by atoms with Gasteiger partial charge >= 0.3 is 5.97 Å². The van der Waals surface area contributed by atoms with Gasteiger partial charge in [0.15, 0.2) is 0 Å². The molecule has 0 aliphatic carbocycles. The van der Waals surface area contributed by atoms with Crippen LogP contribution in [0.15, 0.2) is 18.6 Å². The molecule has 2 aromatic rings. The van der Waals surface area contributed by atoms with Crippen LogP contribution in [-0.2, 0) is 4.79 Å². The predicted octanol–water partition coefficient (Wildman–Crippen LogP) is 1.51. The van der Waals surface area contributed by atoms with Gasteiger partial charge in [-0.1, -0.05) is 0 Å². The summed E-state index contributed by atoms with van der Waals surface area (Å²) < 4.78 is 0. The van der Waals surface area contributed by atoms with E-state index in [1.54, 1.807) is 13.1 Å². The molecule has 3 rings (SSSR count). The molecule has 2 N–H and O–H groups in total. The third-order valence-corrected chi connectivity index (χ3v) is 4.68. The van der Waals surface area contributed by atoms with E-state index in [9.17, 15) is 9.90 Å². The number of carboxylic acids is 1. The number of hydrogen-bond donors (Lipinski definition) is 3. The zero-order valence-electron chi connectivity index (χ0n) is 10.4. The van der Waals surface area contributed by atoms with Crippen molar-refractivity contribution in [2.75, 3.05) is 11.4 Å². The molecule has 1 fully saturated rings. The molecule has 19 heavy (non-hydrogen) atoms. The second kappa shape index (κ2) is 4.12. The van der Waals surface area contributed by atoms with Crippen molar-refractivity contribution in [3.8, 4) is 0 Å². The van der Waals surface area contributed by atoms with Crippen LogP contribution in [0.3, 0.4) is 0 Å². The van der Waals surface area contributed by atoms with Gasteiger partial charge in [-0.25, -0.2) is 9.97 Å². The first-order chi connectivity index (χ1) is 9.04. The Labute approximate surface area is 115 Å². The molecule has 0 aromatic carbocycles. The summed E-state index contributed by atoms with van der Waals surface area (Å²) in [5.41, 5.74) is -0.120. The fraction of sp³-hybridized carbons (Fsp3) is 0.417. The molecule has 1 aliphatic heterocycles. The first-order valence-electron chi connectivity index (χ1n) is 6.00. The van der Waals surface area contributed by atoms with Gasteiger partial charge in [0.1, 0.15) is 17.8 Å². The van der Waals surface area contributed by atoms with Crippen molar-refractivity contribution in [1.29, 1.82) is 0 Å². The molecule has 1 saturated heterocycles. The Balaban J connectivity index is 2.05. The van der Waals surface area contributed by atoms with Crippen LogP contribution in [0.5, 0.6) is 0 Å². The second-order valence-electron chi connectivity index (χ2n) is 4.98. The number of carbonyl (C=O) groups is 1. The number of hydrogen-bond acceptors (Lipinski definition) is 5. The number of H-pyrrole nitrogens is 1. The number of rotatable bonds is 2. The Morgan fingerprint density at radius 2 is 2.42 bits per heavy atom. The van der Waals surface area contributed by atoms with Crippen LogP contribution in [0.25, 0.3) is 11.0 Å². The number of anilines is 1. The molecule has 1 aliphatic rings. The van der Waals surface area contributed by atoms with Gasteiger partial charge in [0.05, 0.1) is 16.2 Å². The van der Waals surface area contributed by atoms with Crippen LogP contribution in [0.4, 0.5) is 5.82 Å². The minimum atomic E-state index is -0.864. The van der Waals surface area contributed by atoms with Crippen molar-refractivity contribution in [2.24, 2.45) is 5.41 Å². The topological polar surface area (TPSA) is 82.1 Å². The molecule has 0 bridgehead atoms.